The molecule has 0 aliphatic rings. The molecule has 0 fully saturated rings. The van der Waals surface area contributed by atoms with Crippen molar-refractivity contribution in [1.82, 2.24) is 69.8 Å². The Morgan fingerprint density at radius 3 is 2.00 bits per heavy atom. The minimum atomic E-state index is -0.346. The maximum Gasteiger partial charge on any atom is 0.125 e. The van der Waals surface area contributed by atoms with Crippen LogP contribution in [0.15, 0.2) is 135 Å². The van der Waals surface area contributed by atoms with Gasteiger partial charge in [-0.1, -0.05) is 19.9 Å². The van der Waals surface area contributed by atoms with Gasteiger partial charge >= 0.3 is 0 Å². The van der Waals surface area contributed by atoms with E-state index in [1.807, 2.05) is 87.3 Å². The van der Waals surface area contributed by atoms with E-state index < -0.39 is 0 Å². The van der Waals surface area contributed by atoms with Crippen LogP contribution in [0.4, 0.5) is 20.2 Å². The summed E-state index contributed by atoms with van der Waals surface area (Å²) in [7, 11) is 5.97. The van der Waals surface area contributed by atoms with Crippen molar-refractivity contribution in [2.45, 2.75) is 26.7 Å². The number of rotatable bonds is 15. The fourth-order valence-corrected chi connectivity index (χ4v) is 9.55. The number of aromatic amines is 3. The summed E-state index contributed by atoms with van der Waals surface area (Å²) in [5.74, 6) is -0.687. The van der Waals surface area contributed by atoms with Gasteiger partial charge in [0.1, 0.15) is 34.2 Å². The van der Waals surface area contributed by atoms with Crippen LogP contribution in [-0.2, 0) is 6.42 Å². The van der Waals surface area contributed by atoms with Crippen LogP contribution in [0, 0.1) is 11.6 Å². The number of likely N-dealkylation sites (N-methyl/N-ethyl adjacent to an activating group) is 1. The summed E-state index contributed by atoms with van der Waals surface area (Å²) in [4.78, 5) is 42.5. The third-order valence-electron chi connectivity index (χ3n) is 13.1. The van der Waals surface area contributed by atoms with Crippen LogP contribution in [0.25, 0.3) is 111 Å². The number of hydrogen-bond donors (Lipinski definition) is 5. The molecule has 0 saturated carbocycles. The molecular formula is C57H53F2N17. The molecule has 0 spiro atoms. The summed E-state index contributed by atoms with van der Waals surface area (Å²) < 4.78 is 30.8. The first-order valence-corrected chi connectivity index (χ1v) is 24.9. The van der Waals surface area contributed by atoms with Gasteiger partial charge in [0.05, 0.1) is 76.0 Å². The Hall–Kier alpha value is -9.49. The molecule has 380 valence electrons. The molecule has 76 heavy (non-hydrogen) atoms. The Balaban J connectivity index is 0.00000305. The SMILES string of the molecule is CC.CN(C)CCNc1cc(F)cc(-c2cncc3[nH]c(-c4nn(N(C)CCCc5cc(F)cc(-c6cncc7[nH]c(-c8n[nH]c9cnc(-c%10cncc(N)c%10)cc89)cc67)c5)c5cnc(-c6cnccn6)cc45)cc23)c1. The number of anilines is 2. The molecule has 12 rings (SSSR count). The van der Waals surface area contributed by atoms with Crippen LogP contribution < -0.4 is 16.1 Å². The van der Waals surface area contributed by atoms with E-state index in [1.165, 1.54) is 12.1 Å². The monoisotopic (exact) mass is 1010 g/mol. The number of pyridine rings is 5. The van der Waals surface area contributed by atoms with E-state index in [1.54, 1.807) is 80.3 Å². The molecule has 17 nitrogen and oxygen atoms in total. The van der Waals surface area contributed by atoms with Crippen molar-refractivity contribution in [1.29, 1.82) is 0 Å². The van der Waals surface area contributed by atoms with Gasteiger partial charge in [-0.25, -0.2) is 8.78 Å². The summed E-state index contributed by atoms with van der Waals surface area (Å²) in [6.45, 7) is 6.03. The molecule has 0 atom stereocenters. The second-order valence-corrected chi connectivity index (χ2v) is 18.6. The van der Waals surface area contributed by atoms with Crippen LogP contribution >= 0.6 is 0 Å². The maximum atomic E-state index is 15.6. The van der Waals surface area contributed by atoms with E-state index in [0.29, 0.717) is 76.9 Å². The van der Waals surface area contributed by atoms with Gasteiger partial charge in [0.25, 0.3) is 0 Å². The lowest BCUT2D eigenvalue weighted by atomic mass is 9.99. The van der Waals surface area contributed by atoms with Gasteiger partial charge in [-0.2, -0.15) is 9.89 Å². The molecular weight excluding hydrogens is 961 g/mol. The van der Waals surface area contributed by atoms with Crippen LogP contribution in [-0.4, -0.2) is 111 Å². The highest BCUT2D eigenvalue weighted by Crippen LogP contribution is 2.38. The standard InChI is InChI=1S/C55H47F2N17.C2H6/c1-72(2)10-8-63-38-16-33(14-36(57)17-38)44-25-62-27-50-40(44)19-48(68-50)55-42-21-46(52-28-59-6-7-64-52)66-30-53(42)74(71-55)73(3)9-4-5-31-11-32(13-35(56)12-31)43-24-61-26-49-39(43)18-47(67-49)54-41-20-45(65-29-51(41)69-70-54)34-15-37(58)23-60-22-34;1-2/h6-7,11-30,63,67-68H,4-5,8-10,58H2,1-3H3,(H,69,70);1-2H3. The molecule has 0 saturated heterocycles. The van der Waals surface area contributed by atoms with Gasteiger partial charge in [-0.15, -0.1) is 5.10 Å². The lowest BCUT2D eigenvalue weighted by molar-refractivity contribution is 0.425. The Morgan fingerprint density at radius 2 is 1.28 bits per heavy atom. The first-order chi connectivity index (χ1) is 37.1. The number of aryl methyl sites for hydroxylation is 1. The molecule has 0 radical (unpaired) electrons. The van der Waals surface area contributed by atoms with Crippen LogP contribution in [0.5, 0.6) is 0 Å². The van der Waals surface area contributed by atoms with Gasteiger partial charge < -0.3 is 25.9 Å². The number of benzene rings is 2. The molecule has 0 unspecified atom stereocenters. The quantitative estimate of drug-likeness (QED) is 0.0647. The third kappa shape index (κ3) is 9.73. The Labute approximate surface area is 435 Å². The van der Waals surface area contributed by atoms with Crippen LogP contribution in [0.3, 0.4) is 0 Å². The molecule has 12 aromatic rings. The van der Waals surface area contributed by atoms with Crippen molar-refractivity contribution in [3.63, 3.8) is 0 Å². The number of nitrogens with two attached hydrogens (primary N) is 1. The zero-order chi connectivity index (χ0) is 52.5. The molecule has 6 N–H and O–H groups in total. The summed E-state index contributed by atoms with van der Waals surface area (Å²) in [6, 6.07) is 19.9. The molecule has 19 heteroatoms. The summed E-state index contributed by atoms with van der Waals surface area (Å²) in [5.41, 5.74) is 19.8. The second-order valence-electron chi connectivity index (χ2n) is 18.6. The van der Waals surface area contributed by atoms with Gasteiger partial charge in [0.15, 0.2) is 0 Å². The first-order valence-electron chi connectivity index (χ1n) is 24.9. The molecule has 0 amide bonds. The number of hydrogen-bond acceptors (Lipinski definition) is 13. The number of fused-ring (bicyclic) bond motifs is 4. The lowest BCUT2D eigenvalue weighted by Crippen LogP contribution is -2.32. The smallest absolute Gasteiger partial charge is 0.125 e. The topological polar surface area (TPSA) is 213 Å². The number of halogens is 2. The van der Waals surface area contributed by atoms with Crippen molar-refractivity contribution in [2.24, 2.45) is 0 Å². The predicted molar refractivity (Wildman–Crippen MR) is 297 cm³/mol. The summed E-state index contributed by atoms with van der Waals surface area (Å²) >= 11 is 0. The minimum Gasteiger partial charge on any atom is -0.397 e. The average Bonchev–Trinajstić information content (AvgIpc) is 4.26. The fraction of sp³-hybridized carbons (Fsp3) is 0.175. The Bertz CT molecular complexity index is 4050. The van der Waals surface area contributed by atoms with E-state index in [2.05, 4.69) is 60.3 Å². The van der Waals surface area contributed by atoms with Crippen molar-refractivity contribution in [3.8, 4) is 67.7 Å². The molecule has 10 heterocycles. The van der Waals surface area contributed by atoms with Crippen molar-refractivity contribution in [2.75, 3.05) is 56.8 Å². The zero-order valence-electron chi connectivity index (χ0n) is 42.4. The normalized spacial score (nSPS) is 11.5. The zero-order valence-corrected chi connectivity index (χ0v) is 42.4. The number of nitrogens with one attached hydrogen (secondary N) is 4. The highest BCUT2D eigenvalue weighted by molar-refractivity contribution is 6.03. The van der Waals surface area contributed by atoms with Crippen molar-refractivity contribution >= 4 is 55.0 Å². The lowest BCUT2D eigenvalue weighted by Gasteiger charge is -2.20. The van der Waals surface area contributed by atoms with Crippen LogP contribution in [0.2, 0.25) is 0 Å². The molecule has 0 aliphatic carbocycles. The molecule has 10 aromatic heterocycles. The fourth-order valence-electron chi connectivity index (χ4n) is 9.55. The predicted octanol–water partition coefficient (Wildman–Crippen LogP) is 10.7. The van der Waals surface area contributed by atoms with Crippen LogP contribution in [0.1, 0.15) is 25.8 Å². The number of nitrogen functional groups attached to an aromatic ring is 1. The van der Waals surface area contributed by atoms with Gasteiger partial charge in [-0.3, -0.25) is 45.0 Å². The number of H-pyrrole nitrogens is 3. The van der Waals surface area contributed by atoms with E-state index in [9.17, 15) is 0 Å². The number of nitrogens with zero attached hydrogens (tertiary/aromatic N) is 12. The van der Waals surface area contributed by atoms with E-state index in [-0.39, 0.29) is 11.6 Å². The minimum absolute atomic E-state index is 0.341. The average molecular weight is 1010 g/mol. The van der Waals surface area contributed by atoms with Crippen molar-refractivity contribution in [3.05, 3.63) is 152 Å². The number of aromatic nitrogens is 13. The Morgan fingerprint density at radius 1 is 0.579 bits per heavy atom. The van der Waals surface area contributed by atoms with E-state index >= 15 is 8.78 Å². The van der Waals surface area contributed by atoms with Gasteiger partial charge in [0.2, 0.25) is 0 Å². The second kappa shape index (κ2) is 20.8. The van der Waals surface area contributed by atoms with E-state index in [4.69, 9.17) is 15.8 Å². The maximum absolute atomic E-state index is 15.6. The van der Waals surface area contributed by atoms with Gasteiger partial charge in [-0.05, 0) is 104 Å². The van der Waals surface area contributed by atoms with E-state index in [0.717, 1.165) is 83.8 Å². The molecule has 0 aliphatic heterocycles. The summed E-state index contributed by atoms with van der Waals surface area (Å²) in [5, 5.41) is 21.8. The highest BCUT2D eigenvalue weighted by Gasteiger charge is 2.21. The third-order valence-corrected chi connectivity index (χ3v) is 13.1. The summed E-state index contributed by atoms with van der Waals surface area (Å²) in [6.07, 6.45) is 20.1. The van der Waals surface area contributed by atoms with Gasteiger partial charge in [0, 0.05) is 108 Å². The molecule has 0 bridgehead atoms. The first kappa shape index (κ1) is 48.8. The van der Waals surface area contributed by atoms with Crippen molar-refractivity contribution < 1.29 is 8.78 Å². The highest BCUT2D eigenvalue weighted by atomic mass is 19.1. The Kier molecular flexibility index (Phi) is 13.3. The molecule has 2 aromatic carbocycles. The largest absolute Gasteiger partial charge is 0.397 e.